The van der Waals surface area contributed by atoms with Crippen molar-refractivity contribution >= 4 is 0 Å². The second kappa shape index (κ2) is 5.30. The molecular formula is C13H19NO2. The quantitative estimate of drug-likeness (QED) is 0.853. The van der Waals surface area contributed by atoms with E-state index in [0.717, 1.165) is 18.4 Å². The molecule has 16 heavy (non-hydrogen) atoms. The molecular weight excluding hydrogens is 202 g/mol. The highest BCUT2D eigenvalue weighted by Gasteiger charge is 2.25. The molecule has 88 valence electrons. The topological polar surface area (TPSA) is 42.4 Å². The molecule has 1 fully saturated rings. The van der Waals surface area contributed by atoms with Crippen LogP contribution in [0.1, 0.15) is 43.8 Å². The maximum absolute atomic E-state index is 10.3. The second-order valence-electron chi connectivity index (χ2n) is 4.46. The van der Waals surface area contributed by atoms with Gasteiger partial charge in [0.25, 0.3) is 0 Å². The number of nitrogens with zero attached hydrogens (tertiary/aromatic N) is 1. The molecule has 1 saturated carbocycles. The Kier molecular flexibility index (Phi) is 3.78. The minimum atomic E-state index is -0.404. The maximum atomic E-state index is 10.3. The zero-order valence-corrected chi connectivity index (χ0v) is 9.72. The average molecular weight is 221 g/mol. The third-order valence-corrected chi connectivity index (χ3v) is 3.45. The van der Waals surface area contributed by atoms with Gasteiger partial charge in [-0.1, -0.05) is 19.3 Å². The fourth-order valence-corrected chi connectivity index (χ4v) is 2.51. The third kappa shape index (κ3) is 2.35. The second-order valence-corrected chi connectivity index (χ2v) is 4.46. The van der Waals surface area contributed by atoms with Gasteiger partial charge in [-0.2, -0.15) is 0 Å². The summed E-state index contributed by atoms with van der Waals surface area (Å²) in [5, 5.41) is 10.3. The van der Waals surface area contributed by atoms with Gasteiger partial charge in [0, 0.05) is 11.8 Å². The van der Waals surface area contributed by atoms with Crippen molar-refractivity contribution in [2.45, 2.75) is 38.2 Å². The van der Waals surface area contributed by atoms with Gasteiger partial charge in [0.05, 0.1) is 19.4 Å². The van der Waals surface area contributed by atoms with E-state index in [0.29, 0.717) is 11.7 Å². The lowest BCUT2D eigenvalue weighted by atomic mass is 9.83. The van der Waals surface area contributed by atoms with Gasteiger partial charge in [-0.05, 0) is 24.8 Å². The first-order valence-electron chi connectivity index (χ1n) is 5.99. The number of aliphatic hydroxyl groups is 1. The van der Waals surface area contributed by atoms with Crippen molar-refractivity contribution in [2.24, 2.45) is 5.92 Å². The molecule has 2 rings (SSSR count). The molecule has 0 amide bonds. The highest BCUT2D eigenvalue weighted by molar-refractivity contribution is 5.32. The zero-order chi connectivity index (χ0) is 11.4. The molecule has 1 unspecified atom stereocenters. The van der Waals surface area contributed by atoms with Crippen molar-refractivity contribution in [2.75, 3.05) is 7.11 Å². The predicted molar refractivity (Wildman–Crippen MR) is 62.3 cm³/mol. The van der Waals surface area contributed by atoms with Crippen molar-refractivity contribution in [3.63, 3.8) is 0 Å². The number of methoxy groups -OCH3 is 1. The first kappa shape index (κ1) is 11.4. The number of hydrogen-bond donors (Lipinski definition) is 1. The fourth-order valence-electron chi connectivity index (χ4n) is 2.51. The average Bonchev–Trinajstić information content (AvgIpc) is 2.39. The third-order valence-electron chi connectivity index (χ3n) is 3.45. The van der Waals surface area contributed by atoms with E-state index in [9.17, 15) is 5.11 Å². The van der Waals surface area contributed by atoms with Gasteiger partial charge in [0.2, 0.25) is 0 Å². The molecule has 1 aliphatic carbocycles. The molecule has 0 spiro atoms. The van der Waals surface area contributed by atoms with Crippen LogP contribution in [0.2, 0.25) is 0 Å². The smallest absolute Gasteiger partial charge is 0.142 e. The summed E-state index contributed by atoms with van der Waals surface area (Å²) in [4.78, 5) is 4.01. The summed E-state index contributed by atoms with van der Waals surface area (Å²) in [7, 11) is 1.62. The largest absolute Gasteiger partial charge is 0.495 e. The van der Waals surface area contributed by atoms with Gasteiger partial charge < -0.3 is 9.84 Å². The molecule has 0 aliphatic heterocycles. The Balaban J connectivity index is 2.15. The Bertz CT molecular complexity index is 334. The molecule has 1 N–H and O–H groups in total. The summed E-state index contributed by atoms with van der Waals surface area (Å²) >= 11 is 0. The summed E-state index contributed by atoms with van der Waals surface area (Å²) in [5.74, 6) is 1.07. The van der Waals surface area contributed by atoms with Gasteiger partial charge in [0.15, 0.2) is 0 Å². The molecule has 1 aliphatic rings. The van der Waals surface area contributed by atoms with Crippen LogP contribution in [0.25, 0.3) is 0 Å². The summed E-state index contributed by atoms with van der Waals surface area (Å²) in [6.45, 7) is 0. The van der Waals surface area contributed by atoms with E-state index in [2.05, 4.69) is 4.98 Å². The lowest BCUT2D eigenvalue weighted by Crippen LogP contribution is -2.16. The number of rotatable bonds is 3. The van der Waals surface area contributed by atoms with Crippen molar-refractivity contribution in [1.82, 2.24) is 4.98 Å². The minimum absolute atomic E-state index is 0.380. The molecule has 1 heterocycles. The lowest BCUT2D eigenvalue weighted by Gasteiger charge is -2.27. The van der Waals surface area contributed by atoms with Crippen LogP contribution >= 0.6 is 0 Å². The Morgan fingerprint density at radius 3 is 2.81 bits per heavy atom. The molecule has 0 bridgehead atoms. The van der Waals surface area contributed by atoms with Crippen LogP contribution in [0.4, 0.5) is 0 Å². The molecule has 3 heteroatoms. The monoisotopic (exact) mass is 221 g/mol. The predicted octanol–water partition coefficient (Wildman–Crippen LogP) is 2.70. The van der Waals surface area contributed by atoms with E-state index in [1.54, 1.807) is 19.5 Å². The van der Waals surface area contributed by atoms with Gasteiger partial charge in [-0.15, -0.1) is 0 Å². The molecule has 1 aromatic heterocycles. The fraction of sp³-hybridized carbons (Fsp3) is 0.615. The molecule has 0 saturated heterocycles. The van der Waals surface area contributed by atoms with Crippen LogP contribution in [0.15, 0.2) is 18.5 Å². The Hall–Kier alpha value is -1.09. The summed E-state index contributed by atoms with van der Waals surface area (Å²) < 4.78 is 5.23. The number of aliphatic hydroxyl groups excluding tert-OH is 1. The standard InChI is InChI=1S/C13H19NO2/c1-16-12-9-14-8-7-11(12)13(15)10-5-3-2-4-6-10/h7-10,13,15H,2-6H2,1H3. The number of hydrogen-bond acceptors (Lipinski definition) is 3. The number of aromatic nitrogens is 1. The number of pyridine rings is 1. The molecule has 0 aromatic carbocycles. The van der Waals surface area contributed by atoms with Crippen LogP contribution < -0.4 is 4.74 Å². The first-order valence-corrected chi connectivity index (χ1v) is 5.99. The zero-order valence-electron chi connectivity index (χ0n) is 9.72. The Morgan fingerprint density at radius 1 is 1.38 bits per heavy atom. The van der Waals surface area contributed by atoms with Crippen molar-refractivity contribution < 1.29 is 9.84 Å². The van der Waals surface area contributed by atoms with Gasteiger partial charge >= 0.3 is 0 Å². The van der Waals surface area contributed by atoms with Crippen molar-refractivity contribution in [3.05, 3.63) is 24.0 Å². The van der Waals surface area contributed by atoms with Crippen LogP contribution in [-0.4, -0.2) is 17.2 Å². The highest BCUT2D eigenvalue weighted by Crippen LogP contribution is 2.37. The summed E-state index contributed by atoms with van der Waals surface area (Å²) in [6.07, 6.45) is 8.98. The van der Waals surface area contributed by atoms with Crippen LogP contribution in [0.3, 0.4) is 0 Å². The summed E-state index contributed by atoms with van der Waals surface area (Å²) in [6, 6.07) is 1.86. The Labute approximate surface area is 96.5 Å². The van der Waals surface area contributed by atoms with Crippen LogP contribution in [-0.2, 0) is 0 Å². The van der Waals surface area contributed by atoms with E-state index in [4.69, 9.17) is 4.74 Å². The molecule has 1 aromatic rings. The normalized spacial score (nSPS) is 19.4. The van der Waals surface area contributed by atoms with Gasteiger partial charge in [0.1, 0.15) is 5.75 Å². The van der Waals surface area contributed by atoms with Crippen molar-refractivity contribution in [3.8, 4) is 5.75 Å². The SMILES string of the molecule is COc1cnccc1C(O)C1CCCCC1. The Morgan fingerprint density at radius 2 is 2.12 bits per heavy atom. The van der Waals surface area contributed by atoms with Gasteiger partial charge in [-0.25, -0.2) is 0 Å². The first-order chi connectivity index (χ1) is 7.83. The molecule has 0 radical (unpaired) electrons. The minimum Gasteiger partial charge on any atom is -0.495 e. The number of ether oxygens (including phenoxy) is 1. The van der Waals surface area contributed by atoms with Crippen molar-refractivity contribution in [1.29, 1.82) is 0 Å². The van der Waals surface area contributed by atoms with Gasteiger partial charge in [-0.3, -0.25) is 4.98 Å². The van der Waals surface area contributed by atoms with Crippen LogP contribution in [0, 0.1) is 5.92 Å². The van der Waals surface area contributed by atoms with E-state index >= 15 is 0 Å². The van der Waals surface area contributed by atoms with E-state index in [-0.39, 0.29) is 0 Å². The van der Waals surface area contributed by atoms with Crippen LogP contribution in [0.5, 0.6) is 5.75 Å². The maximum Gasteiger partial charge on any atom is 0.142 e. The van der Waals surface area contributed by atoms with E-state index in [1.807, 2.05) is 6.07 Å². The molecule has 1 atom stereocenters. The summed E-state index contributed by atoms with van der Waals surface area (Å²) in [5.41, 5.74) is 0.879. The lowest BCUT2D eigenvalue weighted by molar-refractivity contribution is 0.0823. The highest BCUT2D eigenvalue weighted by atomic mass is 16.5. The van der Waals surface area contributed by atoms with E-state index in [1.165, 1.54) is 19.3 Å². The molecule has 3 nitrogen and oxygen atoms in total. The van der Waals surface area contributed by atoms with E-state index < -0.39 is 6.10 Å².